The molecule has 0 bridgehead atoms. The summed E-state index contributed by atoms with van der Waals surface area (Å²) in [5, 5.41) is 0. The maximum absolute atomic E-state index is 11.0. The first kappa shape index (κ1) is 11.6. The van der Waals surface area contributed by atoms with Gasteiger partial charge < -0.3 is 18.5 Å². The molecule has 2 fully saturated rings. The molecular weight excluding hydrogens is 218 g/mol. The highest BCUT2D eigenvalue weighted by atomic mass is 31.1. The van der Waals surface area contributed by atoms with Gasteiger partial charge in [-0.15, -0.1) is 0 Å². The van der Waals surface area contributed by atoms with E-state index in [1.165, 1.54) is 0 Å². The normalized spacial score (nSPS) is 51.1. The Kier molecular flexibility index (Phi) is 3.24. The third-order valence-electron chi connectivity index (χ3n) is 3.35. The Hall–Kier alpha value is 0.135. The molecule has 86 valence electrons. The van der Waals surface area contributed by atoms with E-state index in [4.69, 9.17) is 18.5 Å². The lowest BCUT2D eigenvalue weighted by atomic mass is 9.83. The first-order chi connectivity index (χ1) is 7.09. The molecule has 2 aliphatic heterocycles. The van der Waals surface area contributed by atoms with E-state index in [-0.39, 0.29) is 18.0 Å². The zero-order valence-corrected chi connectivity index (χ0v) is 10.2. The molecule has 0 aromatic rings. The highest BCUT2D eigenvalue weighted by molar-refractivity contribution is 7.33. The summed E-state index contributed by atoms with van der Waals surface area (Å²) >= 11 is 0. The van der Waals surface area contributed by atoms with Crippen LogP contribution in [-0.2, 0) is 23.1 Å². The molecule has 0 aliphatic carbocycles. The van der Waals surface area contributed by atoms with E-state index in [1.54, 1.807) is 7.11 Å². The van der Waals surface area contributed by atoms with Gasteiger partial charge in [0.1, 0.15) is 13.4 Å². The van der Waals surface area contributed by atoms with Crippen molar-refractivity contribution in [2.45, 2.75) is 24.6 Å². The summed E-state index contributed by atoms with van der Waals surface area (Å²) < 4.78 is 32.4. The number of hydrogen-bond donors (Lipinski definition) is 0. The first-order valence-electron chi connectivity index (χ1n) is 5.09. The lowest BCUT2D eigenvalue weighted by Crippen LogP contribution is -2.47. The lowest BCUT2D eigenvalue weighted by Gasteiger charge is -2.35. The van der Waals surface area contributed by atoms with Crippen LogP contribution in [0.3, 0.4) is 0 Å². The van der Waals surface area contributed by atoms with E-state index in [0.29, 0.717) is 13.2 Å². The van der Waals surface area contributed by atoms with Crippen LogP contribution in [0.1, 0.15) is 6.92 Å². The SMILES string of the molecule is B[C@@H]1OC2(CO[PH](=O)OC2)[C@H](C)C1OC. The molecule has 1 unspecified atom stereocenters. The average Bonchev–Trinajstić information content (AvgIpc) is 2.44. The summed E-state index contributed by atoms with van der Waals surface area (Å²) in [6.45, 7) is 2.71. The summed E-state index contributed by atoms with van der Waals surface area (Å²) in [7, 11) is 1.35. The smallest absolute Gasteiger partial charge is 0.319 e. The standard InChI is InChI=1S/C8H16BO5P/c1-5-6(11-2)7(9)14-8(5)3-12-15(10)13-4-8/h5-7,15H,3-4,9H2,1-2H3/t5-,6?,7-/m1/s1. The van der Waals surface area contributed by atoms with Crippen molar-refractivity contribution in [2.75, 3.05) is 20.3 Å². The Balaban J connectivity index is 2.13. The molecule has 2 saturated heterocycles. The number of methoxy groups -OCH3 is 1. The number of hydrogen-bond acceptors (Lipinski definition) is 5. The van der Waals surface area contributed by atoms with Gasteiger partial charge in [-0.3, -0.25) is 4.57 Å². The van der Waals surface area contributed by atoms with Crippen molar-refractivity contribution in [3.8, 4) is 0 Å². The molecule has 1 spiro atoms. The van der Waals surface area contributed by atoms with Gasteiger partial charge in [0.2, 0.25) is 0 Å². The Morgan fingerprint density at radius 2 is 2.07 bits per heavy atom. The van der Waals surface area contributed by atoms with Crippen LogP contribution in [0.25, 0.3) is 0 Å². The van der Waals surface area contributed by atoms with Crippen LogP contribution in [0.5, 0.6) is 0 Å². The average molecular weight is 234 g/mol. The second-order valence-electron chi connectivity index (χ2n) is 4.20. The first-order valence-corrected chi connectivity index (χ1v) is 6.32. The Morgan fingerprint density at radius 3 is 2.53 bits per heavy atom. The van der Waals surface area contributed by atoms with Crippen LogP contribution in [0.15, 0.2) is 0 Å². The molecule has 0 saturated carbocycles. The number of rotatable bonds is 1. The molecule has 3 atom stereocenters. The minimum Gasteiger partial charge on any atom is -0.379 e. The van der Waals surface area contributed by atoms with Crippen LogP contribution in [-0.4, -0.2) is 45.9 Å². The van der Waals surface area contributed by atoms with Crippen molar-refractivity contribution in [3.05, 3.63) is 0 Å². The maximum Gasteiger partial charge on any atom is 0.319 e. The van der Waals surface area contributed by atoms with Crippen molar-refractivity contribution in [1.82, 2.24) is 0 Å². The van der Waals surface area contributed by atoms with Crippen LogP contribution in [0.2, 0.25) is 0 Å². The summed E-state index contributed by atoms with van der Waals surface area (Å²) in [4.78, 5) is 0. The van der Waals surface area contributed by atoms with Gasteiger partial charge in [0.15, 0.2) is 0 Å². The molecule has 0 radical (unpaired) electrons. The van der Waals surface area contributed by atoms with Crippen molar-refractivity contribution in [1.29, 1.82) is 0 Å². The van der Waals surface area contributed by atoms with Gasteiger partial charge >= 0.3 is 8.25 Å². The van der Waals surface area contributed by atoms with Gasteiger partial charge in [-0.2, -0.15) is 0 Å². The van der Waals surface area contributed by atoms with Gasteiger partial charge in [0.25, 0.3) is 0 Å². The fraction of sp³-hybridized carbons (Fsp3) is 1.00. The zero-order chi connectivity index (χ0) is 11.1. The zero-order valence-electron chi connectivity index (χ0n) is 9.19. The Labute approximate surface area is 90.8 Å². The van der Waals surface area contributed by atoms with E-state index < -0.39 is 13.9 Å². The second kappa shape index (κ2) is 4.19. The summed E-state index contributed by atoms with van der Waals surface area (Å²) in [5.41, 5.74) is -0.487. The van der Waals surface area contributed by atoms with E-state index in [9.17, 15) is 4.57 Å². The van der Waals surface area contributed by atoms with Crippen LogP contribution in [0, 0.1) is 5.92 Å². The summed E-state index contributed by atoms with van der Waals surface area (Å²) in [6, 6.07) is 0.0117. The minimum atomic E-state index is -2.29. The summed E-state index contributed by atoms with van der Waals surface area (Å²) in [5.74, 6) is 0.174. The molecule has 0 N–H and O–H groups in total. The number of ether oxygens (including phenoxy) is 2. The Morgan fingerprint density at radius 1 is 1.47 bits per heavy atom. The monoisotopic (exact) mass is 234 g/mol. The van der Waals surface area contributed by atoms with Gasteiger partial charge in [-0.05, 0) is 0 Å². The van der Waals surface area contributed by atoms with Gasteiger partial charge in [0.05, 0.1) is 25.3 Å². The molecule has 5 nitrogen and oxygen atoms in total. The molecule has 0 amide bonds. The largest absolute Gasteiger partial charge is 0.379 e. The topological polar surface area (TPSA) is 54.0 Å². The molecule has 15 heavy (non-hydrogen) atoms. The fourth-order valence-electron chi connectivity index (χ4n) is 2.42. The molecule has 0 aromatic heterocycles. The third kappa shape index (κ3) is 1.90. The van der Waals surface area contributed by atoms with Gasteiger partial charge in [0, 0.05) is 13.0 Å². The molecular formula is C8H16BO5P. The van der Waals surface area contributed by atoms with Crippen LogP contribution >= 0.6 is 8.25 Å². The molecule has 0 aromatic carbocycles. The second-order valence-corrected chi connectivity index (χ2v) is 5.28. The van der Waals surface area contributed by atoms with Gasteiger partial charge in [-0.1, -0.05) is 6.92 Å². The van der Waals surface area contributed by atoms with Crippen LogP contribution < -0.4 is 0 Å². The maximum atomic E-state index is 11.0. The lowest BCUT2D eigenvalue weighted by molar-refractivity contribution is -0.108. The van der Waals surface area contributed by atoms with E-state index in [1.807, 2.05) is 14.8 Å². The third-order valence-corrected chi connectivity index (χ3v) is 4.11. The van der Waals surface area contributed by atoms with E-state index in [0.717, 1.165) is 0 Å². The van der Waals surface area contributed by atoms with Crippen molar-refractivity contribution < 1.29 is 23.1 Å². The van der Waals surface area contributed by atoms with Crippen LogP contribution in [0.4, 0.5) is 0 Å². The van der Waals surface area contributed by atoms with E-state index in [2.05, 4.69) is 0 Å². The minimum absolute atomic E-state index is 0.0117. The predicted molar refractivity (Wildman–Crippen MR) is 57.0 cm³/mol. The molecule has 2 aliphatic rings. The van der Waals surface area contributed by atoms with Crippen molar-refractivity contribution in [3.63, 3.8) is 0 Å². The fourth-order valence-corrected chi connectivity index (χ4v) is 3.23. The quantitative estimate of drug-likeness (QED) is 0.464. The molecule has 2 heterocycles. The van der Waals surface area contributed by atoms with Crippen molar-refractivity contribution in [2.24, 2.45) is 5.92 Å². The predicted octanol–water partition coefficient (Wildman–Crippen LogP) is -0.198. The van der Waals surface area contributed by atoms with Crippen molar-refractivity contribution >= 4 is 16.1 Å². The molecule has 7 heteroatoms. The molecule has 2 rings (SSSR count). The van der Waals surface area contributed by atoms with E-state index >= 15 is 0 Å². The summed E-state index contributed by atoms with van der Waals surface area (Å²) in [6.07, 6.45) is 0.0395. The Bertz CT molecular complexity index is 264. The highest BCUT2D eigenvalue weighted by Gasteiger charge is 2.53. The highest BCUT2D eigenvalue weighted by Crippen LogP contribution is 2.44. The van der Waals surface area contributed by atoms with Gasteiger partial charge in [-0.25, -0.2) is 0 Å².